The van der Waals surface area contributed by atoms with Crippen LogP contribution in [0.2, 0.25) is 0 Å². The van der Waals surface area contributed by atoms with E-state index in [0.717, 1.165) is 40.8 Å². The number of hydrogen-bond donors (Lipinski definition) is 3. The summed E-state index contributed by atoms with van der Waals surface area (Å²) in [5, 5.41) is 16.3. The van der Waals surface area contributed by atoms with Gasteiger partial charge in [-0.3, -0.25) is 24.1 Å². The van der Waals surface area contributed by atoms with Crippen molar-refractivity contribution >= 4 is 23.6 Å². The van der Waals surface area contributed by atoms with E-state index in [1.807, 2.05) is 30.3 Å². The van der Waals surface area contributed by atoms with Gasteiger partial charge in [-0.05, 0) is 30.7 Å². The lowest BCUT2D eigenvalue weighted by Gasteiger charge is -2.43. The van der Waals surface area contributed by atoms with Gasteiger partial charge in [-0.2, -0.15) is 0 Å². The van der Waals surface area contributed by atoms with E-state index in [-0.39, 0.29) is 62.8 Å². The lowest BCUT2D eigenvalue weighted by atomic mass is 9.78. The summed E-state index contributed by atoms with van der Waals surface area (Å²) in [5.41, 5.74) is -0.401. The Morgan fingerprint density at radius 1 is 1.10 bits per heavy atom. The van der Waals surface area contributed by atoms with Crippen molar-refractivity contribution in [2.75, 3.05) is 32.7 Å². The molecule has 266 valence electrons. The minimum absolute atomic E-state index is 0.0298. The molecule has 3 aromatic rings. The summed E-state index contributed by atoms with van der Waals surface area (Å²) in [6.45, 7) is 5.06. The van der Waals surface area contributed by atoms with Crippen molar-refractivity contribution in [3.8, 4) is 11.3 Å². The average molecular weight is 695 g/mol. The van der Waals surface area contributed by atoms with Crippen LogP contribution in [0.1, 0.15) is 44.6 Å². The highest BCUT2D eigenvalue weighted by molar-refractivity contribution is 6.12. The fourth-order valence-corrected chi connectivity index (χ4v) is 6.52. The summed E-state index contributed by atoms with van der Waals surface area (Å²) in [7, 11) is 0. The van der Waals surface area contributed by atoms with Gasteiger partial charge in [0, 0.05) is 80.9 Å². The molecule has 14 heteroatoms. The number of amides is 4. The maximum Gasteiger partial charge on any atom is 0.253 e. The van der Waals surface area contributed by atoms with Gasteiger partial charge in [0.25, 0.3) is 17.7 Å². The van der Waals surface area contributed by atoms with Gasteiger partial charge in [0.15, 0.2) is 0 Å². The third-order valence-corrected chi connectivity index (χ3v) is 9.01. The molecule has 0 unspecified atom stereocenters. The third-order valence-electron chi connectivity index (χ3n) is 9.01. The van der Waals surface area contributed by atoms with Crippen LogP contribution < -0.4 is 10.6 Å². The van der Waals surface area contributed by atoms with Crippen molar-refractivity contribution in [2.45, 2.75) is 52.1 Å². The number of halogens is 3. The number of aromatic nitrogens is 2. The highest BCUT2D eigenvalue weighted by Crippen LogP contribution is 2.43. The summed E-state index contributed by atoms with van der Waals surface area (Å²) in [6.07, 6.45) is 0.825. The van der Waals surface area contributed by atoms with Gasteiger partial charge < -0.3 is 25.2 Å². The maximum atomic E-state index is 15.2. The number of imide groups is 1. The molecule has 3 N–H and O–H groups in total. The van der Waals surface area contributed by atoms with Crippen LogP contribution in [0.15, 0.2) is 66.9 Å². The van der Waals surface area contributed by atoms with Crippen LogP contribution >= 0.6 is 0 Å². The number of aliphatic hydroxyl groups is 1. The van der Waals surface area contributed by atoms with Gasteiger partial charge in [-0.25, -0.2) is 18.2 Å². The van der Waals surface area contributed by atoms with Crippen molar-refractivity contribution in [3.63, 3.8) is 0 Å². The molecule has 0 saturated carbocycles. The predicted molar refractivity (Wildman–Crippen MR) is 178 cm³/mol. The van der Waals surface area contributed by atoms with Gasteiger partial charge in [-0.1, -0.05) is 44.2 Å². The SMILES string of the molecule is C[C@H](O)C(=O)N(C[C@@H]1CNC[C@@H]1F)[C@@H](c1nc(-c2cc(F)ccc2F)cn1Cc1ccccc1)C(C)(C)CC(=O)NCCN1C(=O)C=CC1=O. The standard InChI is InChI=1S/C36H41F3N6O5/c1-22(46)35(50)45(20-24-17-40-18-28(24)39)33(36(2,3)16-30(47)41-13-14-44-31(48)11-12-32(44)49)34-42-29(26-15-25(37)9-10-27(26)38)21-43(34)19-23-7-5-4-6-8-23/h4-12,15,21-22,24,28,33,40,46H,13-14,16-20H2,1-3H3,(H,41,47)/t22-,24-,28-,33-/m0/s1. The second-order valence-corrected chi connectivity index (χ2v) is 13.4. The first-order chi connectivity index (χ1) is 23.7. The number of alkyl halides is 1. The van der Waals surface area contributed by atoms with E-state index < -0.39 is 64.9 Å². The van der Waals surface area contributed by atoms with Crippen molar-refractivity contribution in [2.24, 2.45) is 11.3 Å². The summed E-state index contributed by atoms with van der Waals surface area (Å²) in [6, 6.07) is 11.1. The normalized spacial score (nSPS) is 18.8. The molecule has 50 heavy (non-hydrogen) atoms. The molecule has 11 nitrogen and oxygen atoms in total. The molecule has 5 rings (SSSR count). The Morgan fingerprint density at radius 2 is 1.80 bits per heavy atom. The Bertz CT molecular complexity index is 1740. The van der Waals surface area contributed by atoms with Crippen LogP contribution in [-0.4, -0.2) is 93.1 Å². The van der Waals surface area contributed by atoms with Crippen LogP contribution in [0, 0.1) is 23.0 Å². The predicted octanol–water partition coefficient (Wildman–Crippen LogP) is 3.14. The van der Waals surface area contributed by atoms with Gasteiger partial charge in [0.1, 0.15) is 29.7 Å². The summed E-state index contributed by atoms with van der Waals surface area (Å²) in [5.74, 6) is -4.02. The lowest BCUT2D eigenvalue weighted by molar-refractivity contribution is -0.147. The summed E-state index contributed by atoms with van der Waals surface area (Å²) in [4.78, 5) is 58.5. The number of nitrogens with one attached hydrogen (secondary N) is 2. The molecule has 0 spiro atoms. The zero-order valence-corrected chi connectivity index (χ0v) is 28.1. The fraction of sp³-hybridized carbons (Fsp3) is 0.417. The van der Waals surface area contributed by atoms with Crippen molar-refractivity contribution < 1.29 is 37.5 Å². The smallest absolute Gasteiger partial charge is 0.253 e. The molecule has 2 aromatic carbocycles. The minimum atomic E-state index is -1.50. The monoisotopic (exact) mass is 694 g/mol. The van der Waals surface area contributed by atoms with E-state index in [1.165, 1.54) is 11.8 Å². The molecule has 0 aliphatic carbocycles. The quantitative estimate of drug-likeness (QED) is 0.221. The van der Waals surface area contributed by atoms with E-state index in [4.69, 9.17) is 4.98 Å². The maximum absolute atomic E-state index is 15.2. The number of aliphatic hydroxyl groups excluding tert-OH is 1. The van der Waals surface area contributed by atoms with Crippen LogP contribution in [0.3, 0.4) is 0 Å². The Kier molecular flexibility index (Phi) is 11.2. The Morgan fingerprint density at radius 3 is 2.44 bits per heavy atom. The highest BCUT2D eigenvalue weighted by Gasteiger charge is 2.45. The lowest BCUT2D eigenvalue weighted by Crippen LogP contribution is -2.50. The first-order valence-electron chi connectivity index (χ1n) is 16.4. The van der Waals surface area contributed by atoms with Gasteiger partial charge in [-0.15, -0.1) is 0 Å². The summed E-state index contributed by atoms with van der Waals surface area (Å²) < 4.78 is 46.3. The molecule has 1 fully saturated rings. The largest absolute Gasteiger partial charge is 0.384 e. The van der Waals surface area contributed by atoms with E-state index in [0.29, 0.717) is 0 Å². The number of nitrogens with zero attached hydrogens (tertiary/aromatic N) is 4. The van der Waals surface area contributed by atoms with Gasteiger partial charge >= 0.3 is 0 Å². The Hall–Kier alpha value is -4.82. The molecule has 4 atom stereocenters. The molecule has 0 bridgehead atoms. The molecule has 1 aromatic heterocycles. The van der Waals surface area contributed by atoms with Crippen LogP contribution in [-0.2, 0) is 25.7 Å². The second kappa shape index (κ2) is 15.4. The Labute approximate surface area is 288 Å². The molecule has 3 heterocycles. The van der Waals surface area contributed by atoms with E-state index in [1.54, 1.807) is 24.6 Å². The first kappa shape index (κ1) is 36.5. The molecular weight excluding hydrogens is 653 g/mol. The van der Waals surface area contributed by atoms with E-state index >= 15 is 8.78 Å². The minimum Gasteiger partial charge on any atom is -0.384 e. The zero-order valence-electron chi connectivity index (χ0n) is 28.1. The number of imidazole rings is 1. The molecule has 0 radical (unpaired) electrons. The molecular formula is C36H41F3N6O5. The number of carbonyl (C=O) groups is 4. The van der Waals surface area contributed by atoms with Crippen molar-refractivity contribution in [1.29, 1.82) is 0 Å². The molecule has 1 saturated heterocycles. The van der Waals surface area contributed by atoms with Crippen LogP contribution in [0.5, 0.6) is 0 Å². The third kappa shape index (κ3) is 8.30. The van der Waals surface area contributed by atoms with Crippen LogP contribution in [0.4, 0.5) is 13.2 Å². The number of benzene rings is 2. The van der Waals surface area contributed by atoms with E-state index in [9.17, 15) is 28.7 Å². The summed E-state index contributed by atoms with van der Waals surface area (Å²) >= 11 is 0. The molecule has 2 aliphatic heterocycles. The van der Waals surface area contributed by atoms with E-state index in [2.05, 4.69) is 10.6 Å². The zero-order chi connectivity index (χ0) is 36.2. The van der Waals surface area contributed by atoms with Crippen molar-refractivity contribution in [3.05, 3.63) is 89.9 Å². The highest BCUT2D eigenvalue weighted by atomic mass is 19.1. The Balaban J connectivity index is 1.58. The first-order valence-corrected chi connectivity index (χ1v) is 16.4. The number of rotatable bonds is 14. The average Bonchev–Trinajstić information content (AvgIpc) is 3.76. The second-order valence-electron chi connectivity index (χ2n) is 13.4. The molecule has 4 amide bonds. The molecule has 2 aliphatic rings. The topological polar surface area (TPSA) is 137 Å². The van der Waals surface area contributed by atoms with Crippen LogP contribution in [0.25, 0.3) is 11.3 Å². The van der Waals surface area contributed by atoms with Gasteiger partial charge in [0.05, 0.1) is 11.7 Å². The van der Waals surface area contributed by atoms with Gasteiger partial charge in [0.2, 0.25) is 5.91 Å². The van der Waals surface area contributed by atoms with Crippen molar-refractivity contribution in [1.82, 2.24) is 30.0 Å². The fourth-order valence-electron chi connectivity index (χ4n) is 6.52. The number of hydrogen-bond acceptors (Lipinski definition) is 7. The number of carbonyl (C=O) groups excluding carboxylic acids is 4.